The maximum Gasteiger partial charge on any atom is 0.324 e. The summed E-state index contributed by atoms with van der Waals surface area (Å²) in [6, 6.07) is -1.07. The van der Waals surface area contributed by atoms with Crippen LogP contribution in [0.4, 0.5) is 4.79 Å². The quantitative estimate of drug-likeness (QED) is 0.609. The van der Waals surface area contributed by atoms with Crippen molar-refractivity contribution in [2.45, 2.75) is 19.9 Å². The van der Waals surface area contributed by atoms with Crippen molar-refractivity contribution >= 4 is 17.9 Å². The Labute approximate surface area is 80.9 Å². The summed E-state index contributed by atoms with van der Waals surface area (Å²) in [4.78, 5) is 33.9. The molecule has 0 aromatic carbocycles. The van der Waals surface area contributed by atoms with E-state index >= 15 is 0 Å². The van der Waals surface area contributed by atoms with Gasteiger partial charge < -0.3 is 10.4 Å². The molecule has 0 aliphatic carbocycles. The van der Waals surface area contributed by atoms with E-state index < -0.39 is 24.0 Å². The van der Waals surface area contributed by atoms with E-state index in [9.17, 15) is 14.4 Å². The van der Waals surface area contributed by atoms with Gasteiger partial charge in [-0.25, -0.2) is 4.79 Å². The molecule has 2 atom stereocenters. The second-order valence-electron chi connectivity index (χ2n) is 3.36. The molecule has 1 saturated heterocycles. The van der Waals surface area contributed by atoms with E-state index in [4.69, 9.17) is 5.11 Å². The first kappa shape index (κ1) is 10.5. The molecule has 3 amide bonds. The Morgan fingerprint density at radius 1 is 1.64 bits per heavy atom. The fraction of sp³-hybridized carbons (Fsp3) is 0.625. The molecule has 0 spiro atoms. The highest BCUT2D eigenvalue weighted by Gasteiger charge is 2.36. The van der Waals surface area contributed by atoms with Crippen molar-refractivity contribution in [1.29, 1.82) is 0 Å². The van der Waals surface area contributed by atoms with E-state index in [0.717, 1.165) is 4.90 Å². The van der Waals surface area contributed by atoms with Crippen LogP contribution in [-0.2, 0) is 9.59 Å². The Hall–Kier alpha value is -1.59. The van der Waals surface area contributed by atoms with E-state index in [1.807, 2.05) is 0 Å². The van der Waals surface area contributed by atoms with E-state index in [-0.39, 0.29) is 12.5 Å². The average molecular weight is 200 g/mol. The lowest BCUT2D eigenvalue weighted by Gasteiger charge is -2.14. The summed E-state index contributed by atoms with van der Waals surface area (Å²) in [6.07, 6.45) is 0. The summed E-state index contributed by atoms with van der Waals surface area (Å²) >= 11 is 0. The smallest absolute Gasteiger partial charge is 0.324 e. The Balaban J connectivity index is 2.65. The summed E-state index contributed by atoms with van der Waals surface area (Å²) in [5.74, 6) is -2.14. The first-order chi connectivity index (χ1) is 6.43. The highest BCUT2D eigenvalue weighted by atomic mass is 16.4. The standard InChI is InChI=1S/C8H12N2O4/c1-4(7(12)13)3-10-6(11)5(2)9-8(10)14/h4-5H,3H2,1-2H3,(H,9,14)(H,12,13). The third kappa shape index (κ3) is 1.84. The zero-order valence-electron chi connectivity index (χ0n) is 7.98. The number of carboxylic acid groups (broad SMARTS) is 1. The number of nitrogens with one attached hydrogen (secondary N) is 1. The molecule has 1 rings (SSSR count). The average Bonchev–Trinajstić information content (AvgIpc) is 2.32. The lowest BCUT2D eigenvalue weighted by Crippen LogP contribution is -2.37. The monoisotopic (exact) mass is 200 g/mol. The lowest BCUT2D eigenvalue weighted by molar-refractivity contribution is -0.142. The van der Waals surface area contributed by atoms with Crippen LogP contribution in [0.25, 0.3) is 0 Å². The number of rotatable bonds is 3. The summed E-state index contributed by atoms with van der Waals surface area (Å²) in [5.41, 5.74) is 0. The summed E-state index contributed by atoms with van der Waals surface area (Å²) < 4.78 is 0. The minimum atomic E-state index is -1.02. The fourth-order valence-electron chi connectivity index (χ4n) is 1.18. The molecule has 2 unspecified atom stereocenters. The van der Waals surface area contributed by atoms with Crippen molar-refractivity contribution in [3.05, 3.63) is 0 Å². The molecular weight excluding hydrogens is 188 g/mol. The first-order valence-corrected chi connectivity index (χ1v) is 4.28. The van der Waals surface area contributed by atoms with Gasteiger partial charge in [0, 0.05) is 6.54 Å². The number of carbonyl (C=O) groups is 3. The van der Waals surface area contributed by atoms with Crippen molar-refractivity contribution in [2.75, 3.05) is 6.54 Å². The van der Waals surface area contributed by atoms with Crippen molar-refractivity contribution in [3.63, 3.8) is 0 Å². The number of nitrogens with zero attached hydrogens (tertiary/aromatic N) is 1. The SMILES string of the molecule is CC(CN1C(=O)NC(C)C1=O)C(=O)O. The molecule has 78 valence electrons. The van der Waals surface area contributed by atoms with Crippen LogP contribution in [0.2, 0.25) is 0 Å². The number of hydrogen-bond acceptors (Lipinski definition) is 3. The van der Waals surface area contributed by atoms with Gasteiger partial charge in [0.25, 0.3) is 5.91 Å². The summed E-state index contributed by atoms with van der Waals surface area (Å²) in [5, 5.41) is 11.0. The summed E-state index contributed by atoms with van der Waals surface area (Å²) in [6.45, 7) is 2.93. The fourth-order valence-corrected chi connectivity index (χ4v) is 1.18. The highest BCUT2D eigenvalue weighted by Crippen LogP contribution is 2.09. The van der Waals surface area contributed by atoms with Crippen LogP contribution in [0, 0.1) is 5.92 Å². The third-order valence-electron chi connectivity index (χ3n) is 2.10. The van der Waals surface area contributed by atoms with Gasteiger partial charge in [0.05, 0.1) is 5.92 Å². The zero-order valence-corrected chi connectivity index (χ0v) is 7.98. The molecule has 0 bridgehead atoms. The normalized spacial score (nSPS) is 23.6. The number of imide groups is 1. The van der Waals surface area contributed by atoms with E-state index in [2.05, 4.69) is 5.32 Å². The number of urea groups is 1. The van der Waals surface area contributed by atoms with Crippen LogP contribution in [0.5, 0.6) is 0 Å². The van der Waals surface area contributed by atoms with Crippen LogP contribution in [0.3, 0.4) is 0 Å². The molecule has 1 fully saturated rings. The van der Waals surface area contributed by atoms with Gasteiger partial charge in [-0.3, -0.25) is 14.5 Å². The molecule has 6 nitrogen and oxygen atoms in total. The molecule has 1 heterocycles. The molecule has 1 aliphatic rings. The van der Waals surface area contributed by atoms with Gasteiger partial charge in [-0.2, -0.15) is 0 Å². The molecule has 0 saturated carbocycles. The highest BCUT2D eigenvalue weighted by molar-refractivity contribution is 6.04. The van der Waals surface area contributed by atoms with Crippen molar-refractivity contribution in [1.82, 2.24) is 10.2 Å². The molecule has 1 aliphatic heterocycles. The molecule has 0 aromatic rings. The second-order valence-corrected chi connectivity index (χ2v) is 3.36. The van der Waals surface area contributed by atoms with Gasteiger partial charge in [-0.15, -0.1) is 0 Å². The number of carbonyl (C=O) groups excluding carboxylic acids is 2. The van der Waals surface area contributed by atoms with Gasteiger partial charge >= 0.3 is 12.0 Å². The lowest BCUT2D eigenvalue weighted by atomic mass is 10.2. The minimum absolute atomic E-state index is 0.0790. The van der Waals surface area contributed by atoms with Crippen LogP contribution in [0.15, 0.2) is 0 Å². The Morgan fingerprint density at radius 3 is 2.57 bits per heavy atom. The predicted molar refractivity (Wildman–Crippen MR) is 46.5 cm³/mol. The van der Waals surface area contributed by atoms with Crippen LogP contribution < -0.4 is 5.32 Å². The first-order valence-electron chi connectivity index (χ1n) is 4.28. The van der Waals surface area contributed by atoms with Gasteiger partial charge in [-0.05, 0) is 6.92 Å². The largest absolute Gasteiger partial charge is 0.481 e. The minimum Gasteiger partial charge on any atom is -0.481 e. The van der Waals surface area contributed by atoms with Gasteiger partial charge in [0.1, 0.15) is 6.04 Å². The Kier molecular flexibility index (Phi) is 2.73. The zero-order chi connectivity index (χ0) is 10.9. The third-order valence-corrected chi connectivity index (χ3v) is 2.10. The van der Waals surface area contributed by atoms with E-state index in [1.165, 1.54) is 6.92 Å². The Bertz CT molecular complexity index is 289. The van der Waals surface area contributed by atoms with Gasteiger partial charge in [0.2, 0.25) is 0 Å². The van der Waals surface area contributed by atoms with E-state index in [0.29, 0.717) is 0 Å². The Morgan fingerprint density at radius 2 is 2.21 bits per heavy atom. The maximum absolute atomic E-state index is 11.3. The van der Waals surface area contributed by atoms with Gasteiger partial charge in [0.15, 0.2) is 0 Å². The maximum atomic E-state index is 11.3. The summed E-state index contributed by atoms with van der Waals surface area (Å²) in [7, 11) is 0. The van der Waals surface area contributed by atoms with Crippen LogP contribution in [-0.4, -0.2) is 40.5 Å². The number of carboxylic acids is 1. The topological polar surface area (TPSA) is 86.7 Å². The molecule has 2 N–H and O–H groups in total. The van der Waals surface area contributed by atoms with Crippen LogP contribution in [0.1, 0.15) is 13.8 Å². The number of amides is 3. The van der Waals surface area contributed by atoms with Crippen LogP contribution >= 0.6 is 0 Å². The van der Waals surface area contributed by atoms with E-state index in [1.54, 1.807) is 6.92 Å². The molecule has 0 radical (unpaired) electrons. The predicted octanol–water partition coefficient (Wildman–Crippen LogP) is -0.353. The molecule has 0 aromatic heterocycles. The van der Waals surface area contributed by atoms with Crippen molar-refractivity contribution in [2.24, 2.45) is 5.92 Å². The second kappa shape index (κ2) is 3.65. The molecule has 6 heteroatoms. The van der Waals surface area contributed by atoms with Crippen molar-refractivity contribution in [3.8, 4) is 0 Å². The number of hydrogen-bond donors (Lipinski definition) is 2. The molecule has 14 heavy (non-hydrogen) atoms. The van der Waals surface area contributed by atoms with Gasteiger partial charge in [-0.1, -0.05) is 6.92 Å². The molecular formula is C8H12N2O4. The number of aliphatic carboxylic acids is 1. The van der Waals surface area contributed by atoms with Crippen molar-refractivity contribution < 1.29 is 19.5 Å².